The van der Waals surface area contributed by atoms with E-state index in [1.54, 1.807) is 0 Å². The van der Waals surface area contributed by atoms with Gasteiger partial charge < -0.3 is 14.1 Å². The number of carboxylic acid groups (broad SMARTS) is 1. The first-order valence-electron chi connectivity index (χ1n) is 6.11. The molecule has 1 aliphatic rings. The summed E-state index contributed by atoms with van der Waals surface area (Å²) in [6.45, 7) is 2.35. The van der Waals surface area contributed by atoms with Gasteiger partial charge in [0.2, 0.25) is 0 Å². The van der Waals surface area contributed by atoms with Gasteiger partial charge in [-0.05, 0) is 47.8 Å². The maximum Gasteiger partial charge on any atom is 0.308 e. The van der Waals surface area contributed by atoms with Crippen LogP contribution >= 0.6 is 15.9 Å². The number of aliphatic carboxylic acids is 1. The van der Waals surface area contributed by atoms with Crippen molar-refractivity contribution in [1.82, 2.24) is 9.55 Å². The Morgan fingerprint density at radius 2 is 2.37 bits per heavy atom. The normalized spacial score (nSPS) is 18.3. The minimum Gasteiger partial charge on any atom is -0.481 e. The molecule has 0 saturated carbocycles. The van der Waals surface area contributed by atoms with E-state index in [0.29, 0.717) is 24.1 Å². The van der Waals surface area contributed by atoms with Crippen molar-refractivity contribution in [1.29, 1.82) is 0 Å². The number of rotatable bonds is 2. The number of carboxylic acids is 1. The van der Waals surface area contributed by atoms with Crippen LogP contribution in [-0.2, 0) is 17.8 Å². The van der Waals surface area contributed by atoms with Gasteiger partial charge >= 0.3 is 5.97 Å². The van der Waals surface area contributed by atoms with Gasteiger partial charge in [-0.15, -0.1) is 0 Å². The molecule has 0 amide bonds. The summed E-state index contributed by atoms with van der Waals surface area (Å²) in [6.07, 6.45) is 1.34. The molecule has 0 saturated heterocycles. The van der Waals surface area contributed by atoms with E-state index in [9.17, 15) is 4.79 Å². The molecule has 2 aromatic rings. The highest BCUT2D eigenvalue weighted by atomic mass is 79.9. The van der Waals surface area contributed by atoms with Crippen LogP contribution in [0.4, 0.5) is 0 Å². The first-order chi connectivity index (χ1) is 9.06. The lowest BCUT2D eigenvalue weighted by Crippen LogP contribution is -2.26. The standard InChI is InChI=1S/C13H13BrN2O3/c1-7-2-5-10(19-7)11-9-4-3-8(12(17)18)6-16(9)13(14)15-11/h2,5,8H,3-4,6H2,1H3,(H,17,18). The zero-order chi connectivity index (χ0) is 13.6. The second kappa shape index (κ2) is 4.52. The Morgan fingerprint density at radius 3 is 3.00 bits per heavy atom. The van der Waals surface area contributed by atoms with E-state index in [4.69, 9.17) is 9.52 Å². The van der Waals surface area contributed by atoms with Crippen molar-refractivity contribution in [3.63, 3.8) is 0 Å². The maximum absolute atomic E-state index is 11.1. The van der Waals surface area contributed by atoms with Gasteiger partial charge in [-0.1, -0.05) is 0 Å². The van der Waals surface area contributed by atoms with Gasteiger partial charge in [0.15, 0.2) is 10.5 Å². The monoisotopic (exact) mass is 324 g/mol. The number of hydrogen-bond acceptors (Lipinski definition) is 3. The molecule has 19 heavy (non-hydrogen) atoms. The summed E-state index contributed by atoms with van der Waals surface area (Å²) in [5, 5.41) is 9.11. The molecule has 0 radical (unpaired) electrons. The van der Waals surface area contributed by atoms with Crippen molar-refractivity contribution in [2.45, 2.75) is 26.3 Å². The van der Waals surface area contributed by atoms with Crippen molar-refractivity contribution in [2.24, 2.45) is 5.92 Å². The van der Waals surface area contributed by atoms with Crippen molar-refractivity contribution >= 4 is 21.9 Å². The van der Waals surface area contributed by atoms with E-state index < -0.39 is 5.97 Å². The van der Waals surface area contributed by atoms with E-state index in [0.717, 1.165) is 22.9 Å². The van der Waals surface area contributed by atoms with E-state index in [1.165, 1.54) is 0 Å². The predicted octanol–water partition coefficient (Wildman–Crippen LogP) is 2.86. The second-order valence-electron chi connectivity index (χ2n) is 4.77. The van der Waals surface area contributed by atoms with Crippen LogP contribution in [0.25, 0.3) is 11.5 Å². The third-order valence-electron chi connectivity index (χ3n) is 3.48. The first kappa shape index (κ1) is 12.5. The molecule has 1 atom stereocenters. The topological polar surface area (TPSA) is 68.3 Å². The summed E-state index contributed by atoms with van der Waals surface area (Å²) in [6, 6.07) is 3.80. The lowest BCUT2D eigenvalue weighted by Gasteiger charge is -2.21. The molecule has 0 spiro atoms. The van der Waals surface area contributed by atoms with Crippen molar-refractivity contribution in [2.75, 3.05) is 0 Å². The van der Waals surface area contributed by atoms with Gasteiger partial charge in [0.1, 0.15) is 11.5 Å². The highest BCUT2D eigenvalue weighted by Gasteiger charge is 2.29. The molecular formula is C13H13BrN2O3. The van der Waals surface area contributed by atoms with E-state index in [2.05, 4.69) is 20.9 Å². The minimum absolute atomic E-state index is 0.343. The summed E-state index contributed by atoms with van der Waals surface area (Å²) < 4.78 is 8.20. The third-order valence-corrected chi connectivity index (χ3v) is 4.09. The number of aromatic nitrogens is 2. The number of carbonyl (C=O) groups is 1. The molecular weight excluding hydrogens is 312 g/mol. The van der Waals surface area contributed by atoms with Gasteiger partial charge in [-0.2, -0.15) is 0 Å². The van der Waals surface area contributed by atoms with Gasteiger partial charge in [-0.3, -0.25) is 4.79 Å². The molecule has 0 aliphatic carbocycles. The summed E-state index contributed by atoms with van der Waals surface area (Å²) in [5.41, 5.74) is 1.85. The lowest BCUT2D eigenvalue weighted by atomic mass is 9.97. The fourth-order valence-electron chi connectivity index (χ4n) is 2.48. The molecule has 5 nitrogen and oxygen atoms in total. The van der Waals surface area contributed by atoms with Crippen molar-refractivity contribution < 1.29 is 14.3 Å². The van der Waals surface area contributed by atoms with Crippen molar-refractivity contribution in [3.05, 3.63) is 28.3 Å². The van der Waals surface area contributed by atoms with Crippen LogP contribution in [0.5, 0.6) is 0 Å². The second-order valence-corrected chi connectivity index (χ2v) is 5.48. The van der Waals surface area contributed by atoms with Crippen LogP contribution in [0.2, 0.25) is 0 Å². The average Bonchev–Trinajstić information content (AvgIpc) is 2.94. The van der Waals surface area contributed by atoms with Gasteiger partial charge in [-0.25, -0.2) is 4.98 Å². The number of fused-ring (bicyclic) bond motifs is 1. The predicted molar refractivity (Wildman–Crippen MR) is 71.8 cm³/mol. The Balaban J connectivity index is 2.03. The molecule has 0 aromatic carbocycles. The molecule has 1 N–H and O–H groups in total. The number of imidazole rings is 1. The Morgan fingerprint density at radius 1 is 1.58 bits per heavy atom. The SMILES string of the molecule is Cc1ccc(-c2nc(Br)n3c2CCC(C(=O)O)C3)o1. The number of nitrogens with zero attached hydrogens (tertiary/aromatic N) is 2. The summed E-state index contributed by atoms with van der Waals surface area (Å²) in [4.78, 5) is 15.6. The fourth-order valence-corrected chi connectivity index (χ4v) is 3.01. The summed E-state index contributed by atoms with van der Waals surface area (Å²) >= 11 is 3.40. The van der Waals surface area contributed by atoms with Crippen LogP contribution in [0.3, 0.4) is 0 Å². The quantitative estimate of drug-likeness (QED) is 0.922. The highest BCUT2D eigenvalue weighted by molar-refractivity contribution is 9.10. The van der Waals surface area contributed by atoms with Crippen LogP contribution in [-0.4, -0.2) is 20.6 Å². The zero-order valence-electron chi connectivity index (χ0n) is 10.4. The zero-order valence-corrected chi connectivity index (χ0v) is 12.0. The van der Waals surface area contributed by atoms with Crippen LogP contribution in [0.15, 0.2) is 21.3 Å². The van der Waals surface area contributed by atoms with Gasteiger partial charge in [0, 0.05) is 12.2 Å². The number of halogens is 1. The minimum atomic E-state index is -0.748. The molecule has 1 unspecified atom stereocenters. The van der Waals surface area contributed by atoms with Crippen LogP contribution in [0.1, 0.15) is 17.9 Å². The first-order valence-corrected chi connectivity index (χ1v) is 6.90. The van der Waals surface area contributed by atoms with Crippen molar-refractivity contribution in [3.8, 4) is 11.5 Å². The Kier molecular flexibility index (Phi) is 2.97. The smallest absolute Gasteiger partial charge is 0.308 e. The van der Waals surface area contributed by atoms with E-state index in [-0.39, 0.29) is 5.92 Å². The Labute approximate surface area is 118 Å². The molecule has 6 heteroatoms. The molecule has 1 aliphatic heterocycles. The fraction of sp³-hybridized carbons (Fsp3) is 0.385. The van der Waals surface area contributed by atoms with Gasteiger partial charge in [0.05, 0.1) is 5.92 Å². The molecule has 2 aromatic heterocycles. The van der Waals surface area contributed by atoms with Crippen LogP contribution in [0, 0.1) is 12.8 Å². The number of aryl methyl sites for hydroxylation is 1. The highest BCUT2D eigenvalue weighted by Crippen LogP contribution is 2.33. The molecule has 3 rings (SSSR count). The van der Waals surface area contributed by atoms with E-state index >= 15 is 0 Å². The molecule has 100 valence electrons. The van der Waals surface area contributed by atoms with Crippen LogP contribution < -0.4 is 0 Å². The average molecular weight is 325 g/mol. The largest absolute Gasteiger partial charge is 0.481 e. The summed E-state index contributed by atoms with van der Waals surface area (Å²) in [5.74, 6) is 0.485. The summed E-state index contributed by atoms with van der Waals surface area (Å²) in [7, 11) is 0. The Hall–Kier alpha value is -1.56. The number of hydrogen-bond donors (Lipinski definition) is 1. The molecule has 3 heterocycles. The van der Waals surface area contributed by atoms with Gasteiger partial charge in [0.25, 0.3) is 0 Å². The maximum atomic E-state index is 11.1. The molecule has 0 bridgehead atoms. The third kappa shape index (κ3) is 2.10. The number of furan rings is 1. The van der Waals surface area contributed by atoms with E-state index in [1.807, 2.05) is 23.6 Å². The molecule has 0 fully saturated rings. The lowest BCUT2D eigenvalue weighted by molar-refractivity contribution is -0.142. The Bertz CT molecular complexity index is 644.